The zero-order valence-corrected chi connectivity index (χ0v) is 11.4. The summed E-state index contributed by atoms with van der Waals surface area (Å²) in [6, 6.07) is 6.82. The van der Waals surface area contributed by atoms with Crippen LogP contribution in [0.4, 0.5) is 15.9 Å². The van der Waals surface area contributed by atoms with Crippen molar-refractivity contribution in [1.82, 2.24) is 4.98 Å². The van der Waals surface area contributed by atoms with Crippen LogP contribution in [0.1, 0.15) is 23.0 Å². The lowest BCUT2D eigenvalue weighted by Gasteiger charge is -2.10. The SMILES string of the molecule is CCc1cc(C(=O)O)cc(Nc2ccc(F)cc2Cl)n1. The van der Waals surface area contributed by atoms with E-state index >= 15 is 0 Å². The minimum atomic E-state index is -1.03. The molecular weight excluding hydrogens is 283 g/mol. The van der Waals surface area contributed by atoms with Gasteiger partial charge in [0.25, 0.3) is 0 Å². The van der Waals surface area contributed by atoms with Crippen molar-refractivity contribution in [2.75, 3.05) is 5.32 Å². The molecule has 2 aromatic rings. The number of anilines is 2. The molecule has 0 bridgehead atoms. The predicted octanol–water partition coefficient (Wildman–Crippen LogP) is 3.88. The first kappa shape index (κ1) is 14.3. The Morgan fingerprint density at radius 1 is 1.40 bits per heavy atom. The fourth-order valence-corrected chi connectivity index (χ4v) is 1.90. The first-order valence-electron chi connectivity index (χ1n) is 5.96. The van der Waals surface area contributed by atoms with Crippen LogP contribution in [0.25, 0.3) is 0 Å². The van der Waals surface area contributed by atoms with Crippen molar-refractivity contribution in [2.45, 2.75) is 13.3 Å². The van der Waals surface area contributed by atoms with Crippen LogP contribution >= 0.6 is 11.6 Å². The highest BCUT2D eigenvalue weighted by molar-refractivity contribution is 6.33. The van der Waals surface area contributed by atoms with Gasteiger partial charge in [0.1, 0.15) is 11.6 Å². The fourth-order valence-electron chi connectivity index (χ4n) is 1.69. The molecule has 0 radical (unpaired) electrons. The van der Waals surface area contributed by atoms with Gasteiger partial charge in [-0.15, -0.1) is 0 Å². The Morgan fingerprint density at radius 2 is 2.15 bits per heavy atom. The first-order chi connectivity index (χ1) is 9.49. The third kappa shape index (κ3) is 3.24. The van der Waals surface area contributed by atoms with E-state index in [-0.39, 0.29) is 10.6 Å². The molecule has 4 nitrogen and oxygen atoms in total. The molecular formula is C14H12ClFN2O2. The number of carboxylic acid groups (broad SMARTS) is 1. The minimum absolute atomic E-state index is 0.137. The molecule has 0 aliphatic heterocycles. The number of pyridine rings is 1. The lowest BCUT2D eigenvalue weighted by molar-refractivity contribution is 0.0696. The van der Waals surface area contributed by atoms with Gasteiger partial charge >= 0.3 is 5.97 Å². The van der Waals surface area contributed by atoms with E-state index in [0.717, 1.165) is 0 Å². The van der Waals surface area contributed by atoms with Crippen LogP contribution in [0.2, 0.25) is 5.02 Å². The highest BCUT2D eigenvalue weighted by Gasteiger charge is 2.09. The summed E-state index contributed by atoms with van der Waals surface area (Å²) < 4.78 is 13.0. The molecule has 0 saturated carbocycles. The average molecular weight is 295 g/mol. The third-order valence-corrected chi connectivity index (χ3v) is 2.99. The minimum Gasteiger partial charge on any atom is -0.478 e. The molecule has 1 aromatic heterocycles. The molecule has 6 heteroatoms. The van der Waals surface area contributed by atoms with E-state index in [1.165, 1.54) is 30.3 Å². The second-order valence-electron chi connectivity index (χ2n) is 4.14. The largest absolute Gasteiger partial charge is 0.478 e. The van der Waals surface area contributed by atoms with Gasteiger partial charge in [-0.25, -0.2) is 14.2 Å². The number of carbonyl (C=O) groups is 1. The van der Waals surface area contributed by atoms with E-state index in [2.05, 4.69) is 10.3 Å². The average Bonchev–Trinajstić information content (AvgIpc) is 2.41. The van der Waals surface area contributed by atoms with E-state index in [9.17, 15) is 9.18 Å². The summed E-state index contributed by atoms with van der Waals surface area (Å²) in [6.45, 7) is 1.88. The Morgan fingerprint density at radius 3 is 2.75 bits per heavy atom. The van der Waals surface area contributed by atoms with Crippen LogP contribution < -0.4 is 5.32 Å². The number of benzene rings is 1. The molecule has 2 N–H and O–H groups in total. The summed E-state index contributed by atoms with van der Waals surface area (Å²) in [5.74, 6) is -1.12. The second-order valence-corrected chi connectivity index (χ2v) is 4.55. The third-order valence-electron chi connectivity index (χ3n) is 2.68. The summed E-state index contributed by atoms with van der Waals surface area (Å²) in [5, 5.41) is 12.2. The number of halogens is 2. The summed E-state index contributed by atoms with van der Waals surface area (Å²) in [4.78, 5) is 15.3. The van der Waals surface area contributed by atoms with Crippen LogP contribution in [0.15, 0.2) is 30.3 Å². The van der Waals surface area contributed by atoms with Crippen molar-refractivity contribution in [2.24, 2.45) is 0 Å². The zero-order valence-electron chi connectivity index (χ0n) is 10.7. The zero-order chi connectivity index (χ0) is 14.7. The first-order valence-corrected chi connectivity index (χ1v) is 6.33. The lowest BCUT2D eigenvalue weighted by Crippen LogP contribution is -2.03. The Hall–Kier alpha value is -2.14. The number of nitrogens with one attached hydrogen (secondary N) is 1. The summed E-state index contributed by atoms with van der Waals surface area (Å²) in [5.41, 5.74) is 1.24. The maximum Gasteiger partial charge on any atom is 0.335 e. The monoisotopic (exact) mass is 294 g/mol. The van der Waals surface area contributed by atoms with Gasteiger partial charge in [0, 0.05) is 5.69 Å². The van der Waals surface area contributed by atoms with Gasteiger partial charge in [-0.1, -0.05) is 18.5 Å². The fraction of sp³-hybridized carbons (Fsp3) is 0.143. The van der Waals surface area contributed by atoms with Crippen LogP contribution in [-0.4, -0.2) is 16.1 Å². The van der Waals surface area contributed by atoms with Gasteiger partial charge in [-0.05, 0) is 36.8 Å². The number of aryl methyl sites for hydroxylation is 1. The topological polar surface area (TPSA) is 62.2 Å². The number of hydrogen-bond donors (Lipinski definition) is 2. The van der Waals surface area contributed by atoms with Crippen molar-refractivity contribution in [1.29, 1.82) is 0 Å². The number of hydrogen-bond acceptors (Lipinski definition) is 3. The summed E-state index contributed by atoms with van der Waals surface area (Å²) in [7, 11) is 0. The Kier molecular flexibility index (Phi) is 4.20. The molecule has 0 atom stereocenters. The number of aromatic nitrogens is 1. The second kappa shape index (κ2) is 5.88. The molecule has 0 unspecified atom stereocenters. The molecule has 1 aromatic carbocycles. The van der Waals surface area contributed by atoms with Gasteiger partial charge in [0.2, 0.25) is 0 Å². The highest BCUT2D eigenvalue weighted by atomic mass is 35.5. The normalized spacial score (nSPS) is 10.3. The van der Waals surface area contributed by atoms with Crippen LogP contribution in [0.3, 0.4) is 0 Å². The van der Waals surface area contributed by atoms with Crippen molar-refractivity contribution in [3.63, 3.8) is 0 Å². The summed E-state index contributed by atoms with van der Waals surface area (Å²) >= 11 is 5.91. The van der Waals surface area contributed by atoms with Crippen molar-refractivity contribution in [3.8, 4) is 0 Å². The van der Waals surface area contributed by atoms with Gasteiger partial charge in [0.05, 0.1) is 16.3 Å². The van der Waals surface area contributed by atoms with Gasteiger partial charge in [-0.3, -0.25) is 0 Å². The van der Waals surface area contributed by atoms with Gasteiger partial charge in [-0.2, -0.15) is 0 Å². The molecule has 20 heavy (non-hydrogen) atoms. The number of rotatable bonds is 4. The standard InChI is InChI=1S/C14H12ClFN2O2/c1-2-10-5-8(14(19)20)6-13(17-10)18-12-4-3-9(16)7-11(12)15/h3-7H,2H2,1H3,(H,17,18)(H,19,20). The molecule has 0 aliphatic carbocycles. The maximum atomic E-state index is 13.0. The van der Waals surface area contributed by atoms with E-state index in [0.29, 0.717) is 23.6 Å². The number of nitrogens with zero attached hydrogens (tertiary/aromatic N) is 1. The predicted molar refractivity (Wildman–Crippen MR) is 75.3 cm³/mol. The molecule has 0 spiro atoms. The van der Waals surface area contributed by atoms with E-state index < -0.39 is 11.8 Å². The van der Waals surface area contributed by atoms with Crippen LogP contribution in [0, 0.1) is 5.82 Å². The highest BCUT2D eigenvalue weighted by Crippen LogP contribution is 2.26. The van der Waals surface area contributed by atoms with E-state index in [4.69, 9.17) is 16.7 Å². The molecule has 2 rings (SSSR count). The van der Waals surface area contributed by atoms with Crippen LogP contribution in [-0.2, 0) is 6.42 Å². The lowest BCUT2D eigenvalue weighted by atomic mass is 10.2. The van der Waals surface area contributed by atoms with Gasteiger partial charge in [0.15, 0.2) is 0 Å². The van der Waals surface area contributed by atoms with Crippen molar-refractivity contribution < 1.29 is 14.3 Å². The number of aromatic carboxylic acids is 1. The molecule has 1 heterocycles. The maximum absolute atomic E-state index is 13.0. The molecule has 0 fully saturated rings. The Balaban J connectivity index is 2.37. The van der Waals surface area contributed by atoms with E-state index in [1.54, 1.807) is 0 Å². The Labute approximate surface area is 120 Å². The molecule has 0 saturated heterocycles. The van der Waals surface area contributed by atoms with Gasteiger partial charge < -0.3 is 10.4 Å². The Bertz CT molecular complexity index is 662. The molecule has 104 valence electrons. The van der Waals surface area contributed by atoms with Crippen LogP contribution in [0.5, 0.6) is 0 Å². The van der Waals surface area contributed by atoms with Crippen molar-refractivity contribution in [3.05, 3.63) is 52.4 Å². The quantitative estimate of drug-likeness (QED) is 0.898. The molecule has 0 amide bonds. The number of carboxylic acids is 1. The van der Waals surface area contributed by atoms with E-state index in [1.807, 2.05) is 6.92 Å². The molecule has 0 aliphatic rings. The van der Waals surface area contributed by atoms with Crippen molar-refractivity contribution >= 4 is 29.1 Å². The smallest absolute Gasteiger partial charge is 0.335 e. The summed E-state index contributed by atoms with van der Waals surface area (Å²) in [6.07, 6.45) is 0.604.